The number of hydrogen-bond donors (Lipinski definition) is 0. The van der Waals surface area contributed by atoms with Gasteiger partial charge in [0.05, 0.1) is 0 Å². The van der Waals surface area contributed by atoms with Crippen LogP contribution in [0, 0.1) is 11.8 Å². The highest BCUT2D eigenvalue weighted by Gasteiger charge is 2.34. The molecule has 0 bridgehead atoms. The third kappa shape index (κ3) is 1.24. The van der Waals surface area contributed by atoms with Crippen LogP contribution in [-0.4, -0.2) is 5.78 Å². The predicted molar refractivity (Wildman–Crippen MR) is 44.2 cm³/mol. The highest BCUT2D eigenvalue weighted by molar-refractivity contribution is 5.86. The largest absolute Gasteiger partial charge is 0.299 e. The first-order valence-corrected chi connectivity index (χ1v) is 4.55. The second-order valence-corrected chi connectivity index (χ2v) is 3.66. The Morgan fingerprint density at radius 3 is 2.64 bits per heavy atom. The van der Waals surface area contributed by atoms with Crippen molar-refractivity contribution in [2.45, 2.75) is 32.1 Å². The summed E-state index contributed by atoms with van der Waals surface area (Å²) in [6.07, 6.45) is 10.1. The number of ketones is 1. The van der Waals surface area contributed by atoms with Gasteiger partial charge in [-0.2, -0.15) is 0 Å². The molecule has 0 N–H and O–H groups in total. The summed E-state index contributed by atoms with van der Waals surface area (Å²) < 4.78 is 0. The zero-order valence-electron chi connectivity index (χ0n) is 6.75. The molecule has 0 radical (unpaired) electrons. The van der Waals surface area contributed by atoms with E-state index in [1.807, 2.05) is 0 Å². The Morgan fingerprint density at radius 1 is 1.27 bits per heavy atom. The first-order chi connectivity index (χ1) is 5.38. The minimum atomic E-state index is 0.444. The summed E-state index contributed by atoms with van der Waals surface area (Å²) in [6.45, 7) is 0. The third-order valence-corrected chi connectivity index (χ3v) is 2.99. The Bertz CT molecular complexity index is 193. The summed E-state index contributed by atoms with van der Waals surface area (Å²) in [5.74, 6) is 1.66. The fraction of sp³-hybridized carbons (Fsp3) is 0.700. The monoisotopic (exact) mass is 150 g/mol. The summed E-state index contributed by atoms with van der Waals surface area (Å²) in [4.78, 5) is 11.1. The van der Waals surface area contributed by atoms with Crippen LogP contribution in [0.5, 0.6) is 0 Å². The molecule has 1 fully saturated rings. The number of carbonyl (C=O) groups excluding carboxylic acids is 1. The number of hydrogen-bond acceptors (Lipinski definition) is 1. The van der Waals surface area contributed by atoms with Crippen molar-refractivity contribution in [2.24, 2.45) is 11.8 Å². The molecule has 60 valence electrons. The Labute approximate surface area is 67.5 Å². The molecule has 1 heteroatoms. The van der Waals surface area contributed by atoms with Crippen LogP contribution in [0.2, 0.25) is 0 Å². The fourth-order valence-electron chi connectivity index (χ4n) is 2.11. The summed E-state index contributed by atoms with van der Waals surface area (Å²) in [6, 6.07) is 0. The molecule has 2 aliphatic rings. The summed E-state index contributed by atoms with van der Waals surface area (Å²) >= 11 is 0. The van der Waals surface area contributed by atoms with Crippen LogP contribution in [0.25, 0.3) is 0 Å². The van der Waals surface area contributed by atoms with Gasteiger partial charge in [0.25, 0.3) is 0 Å². The molecule has 0 amide bonds. The molecule has 0 aliphatic heterocycles. The maximum atomic E-state index is 11.1. The lowest BCUT2D eigenvalue weighted by Crippen LogP contribution is -2.33. The Morgan fingerprint density at radius 2 is 2.18 bits per heavy atom. The molecule has 1 saturated carbocycles. The van der Waals surface area contributed by atoms with E-state index in [1.54, 1.807) is 0 Å². The Hall–Kier alpha value is -0.590. The molecular weight excluding hydrogens is 136 g/mol. The molecule has 0 heterocycles. The van der Waals surface area contributed by atoms with Gasteiger partial charge >= 0.3 is 0 Å². The molecule has 2 rings (SSSR count). The van der Waals surface area contributed by atoms with Gasteiger partial charge in [-0.1, -0.05) is 12.2 Å². The molecule has 0 spiro atoms. The summed E-state index contributed by atoms with van der Waals surface area (Å²) in [7, 11) is 0. The van der Waals surface area contributed by atoms with E-state index in [-0.39, 0.29) is 0 Å². The van der Waals surface area contributed by atoms with Crippen LogP contribution >= 0.6 is 0 Å². The molecule has 0 aromatic rings. The van der Waals surface area contributed by atoms with Crippen molar-refractivity contribution in [1.29, 1.82) is 0 Å². The van der Waals surface area contributed by atoms with Crippen molar-refractivity contribution in [1.82, 2.24) is 0 Å². The second-order valence-electron chi connectivity index (χ2n) is 3.66. The molecule has 2 unspecified atom stereocenters. The normalized spacial score (nSPS) is 36.9. The van der Waals surface area contributed by atoms with Crippen LogP contribution in [0.15, 0.2) is 12.2 Å². The topological polar surface area (TPSA) is 17.1 Å². The number of carbonyl (C=O) groups is 1. The van der Waals surface area contributed by atoms with Crippen LogP contribution in [0.3, 0.4) is 0 Å². The maximum absolute atomic E-state index is 11.1. The van der Waals surface area contributed by atoms with Crippen molar-refractivity contribution in [3.63, 3.8) is 0 Å². The van der Waals surface area contributed by atoms with E-state index >= 15 is 0 Å². The minimum Gasteiger partial charge on any atom is -0.299 e. The van der Waals surface area contributed by atoms with Gasteiger partial charge in [-0.25, -0.2) is 0 Å². The highest BCUT2D eigenvalue weighted by atomic mass is 16.1. The first kappa shape index (κ1) is 7.08. The average molecular weight is 150 g/mol. The van der Waals surface area contributed by atoms with Gasteiger partial charge < -0.3 is 0 Å². The molecule has 2 aliphatic carbocycles. The molecule has 1 nitrogen and oxygen atoms in total. The van der Waals surface area contributed by atoms with E-state index in [0.29, 0.717) is 17.6 Å². The third-order valence-electron chi connectivity index (χ3n) is 2.99. The zero-order chi connectivity index (χ0) is 7.68. The lowest BCUT2D eigenvalue weighted by Gasteiger charge is -2.32. The summed E-state index contributed by atoms with van der Waals surface area (Å²) in [5.41, 5.74) is 0. The lowest BCUT2D eigenvalue weighted by molar-refractivity contribution is -0.131. The first-order valence-electron chi connectivity index (χ1n) is 4.55. The smallest absolute Gasteiger partial charge is 0.136 e. The number of rotatable bonds is 1. The Kier molecular flexibility index (Phi) is 1.80. The van der Waals surface area contributed by atoms with Crippen molar-refractivity contribution in [2.75, 3.05) is 0 Å². The molecular formula is C10H14O. The lowest BCUT2D eigenvalue weighted by atomic mass is 9.70. The van der Waals surface area contributed by atoms with E-state index in [0.717, 1.165) is 19.3 Å². The van der Waals surface area contributed by atoms with Crippen LogP contribution < -0.4 is 0 Å². The standard InChI is InChI=1S/C10H14O/c11-10-7-6-9(10)8-4-2-1-3-5-8/h1-2,8-9H,3-7H2. The van der Waals surface area contributed by atoms with Gasteiger partial charge in [-0.05, 0) is 31.6 Å². The molecule has 0 aromatic carbocycles. The van der Waals surface area contributed by atoms with E-state index < -0.39 is 0 Å². The average Bonchev–Trinajstić information content (AvgIpc) is 2.04. The van der Waals surface area contributed by atoms with E-state index in [2.05, 4.69) is 12.2 Å². The molecule has 0 aromatic heterocycles. The van der Waals surface area contributed by atoms with Crippen LogP contribution in [0.4, 0.5) is 0 Å². The Balaban J connectivity index is 1.94. The van der Waals surface area contributed by atoms with Crippen LogP contribution in [0.1, 0.15) is 32.1 Å². The van der Waals surface area contributed by atoms with Gasteiger partial charge in [0.15, 0.2) is 0 Å². The van der Waals surface area contributed by atoms with Crippen molar-refractivity contribution < 1.29 is 4.79 Å². The zero-order valence-corrected chi connectivity index (χ0v) is 6.75. The van der Waals surface area contributed by atoms with Gasteiger partial charge in [-0.3, -0.25) is 4.79 Å². The minimum absolute atomic E-state index is 0.444. The SMILES string of the molecule is O=C1CCC1C1CC=CCC1. The van der Waals surface area contributed by atoms with Gasteiger partial charge in [-0.15, -0.1) is 0 Å². The molecule has 11 heavy (non-hydrogen) atoms. The van der Waals surface area contributed by atoms with E-state index in [9.17, 15) is 4.79 Å². The van der Waals surface area contributed by atoms with E-state index in [4.69, 9.17) is 0 Å². The quantitative estimate of drug-likeness (QED) is 0.524. The van der Waals surface area contributed by atoms with Gasteiger partial charge in [0.1, 0.15) is 5.78 Å². The van der Waals surface area contributed by atoms with Crippen molar-refractivity contribution >= 4 is 5.78 Å². The highest BCUT2D eigenvalue weighted by Crippen LogP contribution is 2.36. The van der Waals surface area contributed by atoms with Crippen molar-refractivity contribution in [3.05, 3.63) is 12.2 Å². The number of allylic oxidation sites excluding steroid dienone is 2. The predicted octanol–water partition coefficient (Wildman–Crippen LogP) is 2.32. The van der Waals surface area contributed by atoms with E-state index in [1.165, 1.54) is 12.8 Å². The number of Topliss-reactive ketones (excluding diaryl/α,β-unsaturated/α-hetero) is 1. The fourth-order valence-corrected chi connectivity index (χ4v) is 2.11. The molecule has 2 atom stereocenters. The van der Waals surface area contributed by atoms with Crippen LogP contribution in [-0.2, 0) is 4.79 Å². The van der Waals surface area contributed by atoms with Gasteiger partial charge in [0.2, 0.25) is 0 Å². The maximum Gasteiger partial charge on any atom is 0.136 e. The summed E-state index contributed by atoms with van der Waals surface area (Å²) in [5, 5.41) is 0. The van der Waals surface area contributed by atoms with Crippen molar-refractivity contribution in [3.8, 4) is 0 Å². The van der Waals surface area contributed by atoms with Gasteiger partial charge in [0, 0.05) is 12.3 Å². The second kappa shape index (κ2) is 2.80. The molecule has 0 saturated heterocycles.